The third-order valence-corrected chi connectivity index (χ3v) is 2.97. The average molecular weight is 306 g/mol. The molecule has 1 rings (SSSR count). The molecule has 0 saturated carbocycles. The monoisotopic (exact) mass is 306 g/mol. The van der Waals surface area contributed by atoms with Gasteiger partial charge in [0.2, 0.25) is 5.91 Å². The zero-order valence-electron chi connectivity index (χ0n) is 14.2. The summed E-state index contributed by atoms with van der Waals surface area (Å²) in [6.07, 6.45) is -0.604. The molecule has 5 heteroatoms. The van der Waals surface area contributed by atoms with Gasteiger partial charge in [-0.3, -0.25) is 4.79 Å². The van der Waals surface area contributed by atoms with E-state index in [1.165, 1.54) is 0 Å². The first-order valence-corrected chi connectivity index (χ1v) is 7.49. The van der Waals surface area contributed by atoms with E-state index in [1.54, 1.807) is 27.7 Å². The van der Waals surface area contributed by atoms with E-state index in [1.807, 2.05) is 24.3 Å². The molecule has 0 bridgehead atoms. The number of hydrogen-bond acceptors (Lipinski definition) is 3. The van der Waals surface area contributed by atoms with Gasteiger partial charge in [0.15, 0.2) is 0 Å². The summed E-state index contributed by atoms with van der Waals surface area (Å²) in [6.45, 7) is 11.1. The van der Waals surface area contributed by atoms with Gasteiger partial charge in [-0.15, -0.1) is 0 Å². The third kappa shape index (κ3) is 5.76. The van der Waals surface area contributed by atoms with E-state index >= 15 is 0 Å². The highest BCUT2D eigenvalue weighted by atomic mass is 16.6. The van der Waals surface area contributed by atoms with Crippen molar-refractivity contribution in [1.82, 2.24) is 5.32 Å². The van der Waals surface area contributed by atoms with E-state index in [2.05, 4.69) is 24.5 Å². The number of hydrogen-bond donors (Lipinski definition) is 2. The number of amides is 2. The van der Waals surface area contributed by atoms with E-state index in [0.29, 0.717) is 5.92 Å². The van der Waals surface area contributed by atoms with E-state index in [4.69, 9.17) is 4.74 Å². The van der Waals surface area contributed by atoms with Crippen molar-refractivity contribution < 1.29 is 14.3 Å². The lowest BCUT2D eigenvalue weighted by Crippen LogP contribution is -2.44. The molecule has 0 aliphatic carbocycles. The van der Waals surface area contributed by atoms with Gasteiger partial charge < -0.3 is 15.4 Å². The highest BCUT2D eigenvalue weighted by Crippen LogP contribution is 2.23. The smallest absolute Gasteiger partial charge is 0.408 e. The molecule has 2 amide bonds. The molecular weight excluding hydrogens is 280 g/mol. The minimum Gasteiger partial charge on any atom is -0.444 e. The Labute approximate surface area is 132 Å². The fraction of sp³-hybridized carbons (Fsp3) is 0.529. The number of carbonyl (C=O) groups excluding carboxylic acids is 2. The number of para-hydroxylation sites is 1. The summed E-state index contributed by atoms with van der Waals surface area (Å²) in [7, 11) is 0. The lowest BCUT2D eigenvalue weighted by atomic mass is 10.0. The van der Waals surface area contributed by atoms with Crippen molar-refractivity contribution in [2.24, 2.45) is 0 Å². The van der Waals surface area contributed by atoms with Crippen LogP contribution in [0.5, 0.6) is 0 Å². The van der Waals surface area contributed by atoms with Crippen LogP contribution in [0, 0.1) is 0 Å². The molecule has 2 N–H and O–H groups in total. The number of carbonyl (C=O) groups is 2. The second-order valence-corrected chi connectivity index (χ2v) is 6.60. The quantitative estimate of drug-likeness (QED) is 0.892. The molecule has 22 heavy (non-hydrogen) atoms. The first-order valence-electron chi connectivity index (χ1n) is 7.49. The first kappa shape index (κ1) is 18.0. The molecule has 0 radical (unpaired) electrons. The predicted octanol–water partition coefficient (Wildman–Crippen LogP) is 3.66. The van der Waals surface area contributed by atoms with Gasteiger partial charge in [-0.2, -0.15) is 0 Å². The Morgan fingerprint density at radius 2 is 1.68 bits per heavy atom. The fourth-order valence-electron chi connectivity index (χ4n) is 1.91. The van der Waals surface area contributed by atoms with Crippen LogP contribution < -0.4 is 10.6 Å². The van der Waals surface area contributed by atoms with Crippen molar-refractivity contribution in [2.45, 2.75) is 59.1 Å². The lowest BCUT2D eigenvalue weighted by Gasteiger charge is -2.22. The summed E-state index contributed by atoms with van der Waals surface area (Å²) in [5.74, 6) is 0.0181. The maximum atomic E-state index is 12.2. The van der Waals surface area contributed by atoms with Crippen LogP contribution in [0.3, 0.4) is 0 Å². The van der Waals surface area contributed by atoms with Crippen LogP contribution in [0.15, 0.2) is 24.3 Å². The van der Waals surface area contributed by atoms with Crippen molar-refractivity contribution in [1.29, 1.82) is 0 Å². The van der Waals surface area contributed by atoms with Crippen molar-refractivity contribution in [3.8, 4) is 0 Å². The summed E-state index contributed by atoms with van der Waals surface area (Å²) < 4.78 is 5.14. The van der Waals surface area contributed by atoms with Gasteiger partial charge in [-0.05, 0) is 45.2 Å². The van der Waals surface area contributed by atoms with Crippen LogP contribution in [-0.4, -0.2) is 23.6 Å². The Balaban J connectivity index is 2.67. The van der Waals surface area contributed by atoms with Crippen molar-refractivity contribution >= 4 is 17.7 Å². The molecule has 122 valence electrons. The molecule has 0 aliphatic rings. The van der Waals surface area contributed by atoms with Crippen LogP contribution >= 0.6 is 0 Å². The third-order valence-electron chi connectivity index (χ3n) is 2.97. The van der Waals surface area contributed by atoms with Crippen LogP contribution in [0.2, 0.25) is 0 Å². The molecular formula is C17H26N2O3. The standard InChI is InChI=1S/C17H26N2O3/c1-11(2)13-9-7-8-10-14(13)19-15(20)12(3)18-16(21)22-17(4,5)6/h7-12H,1-6H3,(H,18,21)(H,19,20)/t12-/m1/s1. The van der Waals surface area contributed by atoms with Crippen LogP contribution in [-0.2, 0) is 9.53 Å². The van der Waals surface area contributed by atoms with Crippen molar-refractivity contribution in [2.75, 3.05) is 5.32 Å². The number of nitrogens with one attached hydrogen (secondary N) is 2. The molecule has 1 atom stereocenters. The summed E-state index contributed by atoms with van der Waals surface area (Å²) in [5, 5.41) is 5.38. The van der Waals surface area contributed by atoms with Crippen LogP contribution in [0.1, 0.15) is 53.0 Å². The number of rotatable bonds is 4. The summed E-state index contributed by atoms with van der Waals surface area (Å²) in [6, 6.07) is 6.95. The number of anilines is 1. The second-order valence-electron chi connectivity index (χ2n) is 6.60. The normalized spacial score (nSPS) is 12.7. The average Bonchev–Trinajstić information content (AvgIpc) is 2.36. The highest BCUT2D eigenvalue weighted by molar-refractivity contribution is 5.96. The van der Waals surface area contributed by atoms with Crippen molar-refractivity contribution in [3.63, 3.8) is 0 Å². The number of ether oxygens (including phenoxy) is 1. The van der Waals surface area contributed by atoms with Gasteiger partial charge in [0, 0.05) is 5.69 Å². The Kier molecular flexibility index (Phi) is 5.97. The number of benzene rings is 1. The molecule has 0 spiro atoms. The van der Waals surface area contributed by atoms with Gasteiger partial charge >= 0.3 is 6.09 Å². The fourth-order valence-corrected chi connectivity index (χ4v) is 1.91. The minimum absolute atomic E-state index is 0.279. The molecule has 0 heterocycles. The summed E-state index contributed by atoms with van der Waals surface area (Å²) >= 11 is 0. The molecule has 0 aromatic heterocycles. The van der Waals surface area contributed by atoms with E-state index in [9.17, 15) is 9.59 Å². The van der Waals surface area contributed by atoms with Gasteiger partial charge in [-0.25, -0.2) is 4.79 Å². The Morgan fingerprint density at radius 1 is 1.09 bits per heavy atom. The lowest BCUT2D eigenvalue weighted by molar-refractivity contribution is -0.117. The van der Waals surface area contributed by atoms with E-state index in [-0.39, 0.29) is 5.91 Å². The van der Waals surface area contributed by atoms with Crippen LogP contribution in [0.4, 0.5) is 10.5 Å². The zero-order chi connectivity index (χ0) is 16.9. The largest absolute Gasteiger partial charge is 0.444 e. The van der Waals surface area contributed by atoms with E-state index in [0.717, 1.165) is 11.3 Å². The minimum atomic E-state index is -0.685. The predicted molar refractivity (Wildman–Crippen MR) is 88.0 cm³/mol. The molecule has 0 unspecified atom stereocenters. The van der Waals surface area contributed by atoms with Crippen LogP contribution in [0.25, 0.3) is 0 Å². The molecule has 1 aromatic rings. The molecule has 0 fully saturated rings. The van der Waals surface area contributed by atoms with Crippen molar-refractivity contribution in [3.05, 3.63) is 29.8 Å². The highest BCUT2D eigenvalue weighted by Gasteiger charge is 2.21. The molecule has 0 aliphatic heterocycles. The molecule has 1 aromatic carbocycles. The first-order chi connectivity index (χ1) is 10.1. The number of alkyl carbamates (subject to hydrolysis) is 1. The second kappa shape index (κ2) is 7.29. The Morgan fingerprint density at radius 3 is 2.23 bits per heavy atom. The maximum absolute atomic E-state index is 12.2. The van der Waals surface area contributed by atoms with E-state index < -0.39 is 17.7 Å². The Bertz CT molecular complexity index is 533. The summed E-state index contributed by atoms with van der Waals surface area (Å²) in [5.41, 5.74) is 1.23. The molecule has 0 saturated heterocycles. The van der Waals surface area contributed by atoms with Gasteiger partial charge in [0.05, 0.1) is 0 Å². The molecule has 5 nitrogen and oxygen atoms in total. The topological polar surface area (TPSA) is 67.4 Å². The van der Waals surface area contributed by atoms with Gasteiger partial charge in [-0.1, -0.05) is 32.0 Å². The van der Waals surface area contributed by atoms with Gasteiger partial charge in [0.25, 0.3) is 0 Å². The Hall–Kier alpha value is -2.04. The maximum Gasteiger partial charge on any atom is 0.408 e. The van der Waals surface area contributed by atoms with Gasteiger partial charge in [0.1, 0.15) is 11.6 Å². The summed E-state index contributed by atoms with van der Waals surface area (Å²) in [4.78, 5) is 23.9. The zero-order valence-corrected chi connectivity index (χ0v) is 14.2. The SMILES string of the molecule is CC(C)c1ccccc1NC(=O)[C@@H](C)NC(=O)OC(C)(C)C.